The van der Waals surface area contributed by atoms with Gasteiger partial charge in [-0.25, -0.2) is 0 Å². The van der Waals surface area contributed by atoms with Crippen LogP contribution in [0.2, 0.25) is 0 Å². The summed E-state index contributed by atoms with van der Waals surface area (Å²) in [6, 6.07) is 6.58. The average molecular weight is 237 g/mol. The van der Waals surface area contributed by atoms with Gasteiger partial charge in [-0.3, -0.25) is 0 Å². The second-order valence-corrected chi connectivity index (χ2v) is 4.41. The lowest BCUT2D eigenvalue weighted by Gasteiger charge is -2.18. The van der Waals surface area contributed by atoms with E-state index in [9.17, 15) is 0 Å². The van der Waals surface area contributed by atoms with Crippen LogP contribution in [-0.2, 0) is 4.74 Å². The Morgan fingerprint density at radius 3 is 2.59 bits per heavy atom. The number of aryl methyl sites for hydroxylation is 1. The van der Waals surface area contributed by atoms with Gasteiger partial charge in [-0.15, -0.1) is 0 Å². The Balaban J connectivity index is 2.83. The number of ether oxygens (including phenoxy) is 2. The lowest BCUT2D eigenvalue weighted by Crippen LogP contribution is -2.18. The maximum absolute atomic E-state index is 5.83. The molecule has 1 aromatic carbocycles. The maximum Gasteiger partial charge on any atom is 0.124 e. The number of hydrogen-bond donors (Lipinski definition) is 1. The van der Waals surface area contributed by atoms with E-state index in [1.54, 1.807) is 7.11 Å². The first-order valence-electron chi connectivity index (χ1n) is 6.02. The fourth-order valence-corrected chi connectivity index (χ4v) is 1.55. The van der Waals surface area contributed by atoms with Crippen LogP contribution < -0.4 is 10.1 Å². The first-order chi connectivity index (χ1) is 8.08. The second-order valence-electron chi connectivity index (χ2n) is 4.41. The van der Waals surface area contributed by atoms with Crippen molar-refractivity contribution >= 4 is 0 Å². The zero-order chi connectivity index (χ0) is 12.8. The van der Waals surface area contributed by atoms with Crippen LogP contribution >= 0.6 is 0 Å². The molecule has 0 fully saturated rings. The summed E-state index contributed by atoms with van der Waals surface area (Å²) < 4.78 is 11.0. The Labute approximate surface area is 104 Å². The van der Waals surface area contributed by atoms with Gasteiger partial charge < -0.3 is 14.8 Å². The van der Waals surface area contributed by atoms with E-state index in [2.05, 4.69) is 37.4 Å². The van der Waals surface area contributed by atoms with Crippen molar-refractivity contribution in [3.8, 4) is 5.75 Å². The summed E-state index contributed by atoms with van der Waals surface area (Å²) in [5.74, 6) is 0.941. The van der Waals surface area contributed by atoms with E-state index < -0.39 is 0 Å². The molecule has 1 aromatic rings. The largest absolute Gasteiger partial charge is 0.491 e. The van der Waals surface area contributed by atoms with Gasteiger partial charge in [-0.05, 0) is 39.4 Å². The van der Waals surface area contributed by atoms with Crippen LogP contribution in [-0.4, -0.2) is 26.9 Å². The Morgan fingerprint density at radius 1 is 1.29 bits per heavy atom. The summed E-state index contributed by atoms with van der Waals surface area (Å²) in [5.41, 5.74) is 2.39. The molecule has 3 nitrogen and oxygen atoms in total. The normalized spacial score (nSPS) is 14.4. The molecule has 17 heavy (non-hydrogen) atoms. The van der Waals surface area contributed by atoms with Gasteiger partial charge in [0.15, 0.2) is 0 Å². The minimum absolute atomic E-state index is 0.105. The molecule has 0 radical (unpaired) electrons. The zero-order valence-corrected chi connectivity index (χ0v) is 11.4. The molecule has 2 atom stereocenters. The summed E-state index contributed by atoms with van der Waals surface area (Å²) in [4.78, 5) is 0. The lowest BCUT2D eigenvalue weighted by molar-refractivity contribution is 0.0711. The Bertz CT molecular complexity index is 352. The molecular weight excluding hydrogens is 214 g/mol. The fourth-order valence-electron chi connectivity index (χ4n) is 1.55. The van der Waals surface area contributed by atoms with Crippen molar-refractivity contribution < 1.29 is 9.47 Å². The molecule has 2 unspecified atom stereocenters. The van der Waals surface area contributed by atoms with Crippen molar-refractivity contribution in [1.82, 2.24) is 5.32 Å². The fraction of sp³-hybridized carbons (Fsp3) is 0.571. The highest BCUT2D eigenvalue weighted by molar-refractivity contribution is 5.39. The van der Waals surface area contributed by atoms with Crippen LogP contribution in [0.5, 0.6) is 5.75 Å². The number of hydrogen-bond acceptors (Lipinski definition) is 3. The summed E-state index contributed by atoms with van der Waals surface area (Å²) in [6.07, 6.45) is 0.105. The molecule has 0 aromatic heterocycles. The molecule has 1 rings (SSSR count). The molecule has 0 heterocycles. The van der Waals surface area contributed by atoms with Crippen LogP contribution in [0, 0.1) is 6.92 Å². The van der Waals surface area contributed by atoms with Gasteiger partial charge in [-0.2, -0.15) is 0 Å². The molecule has 1 N–H and O–H groups in total. The van der Waals surface area contributed by atoms with Crippen LogP contribution in [0.1, 0.15) is 31.0 Å². The van der Waals surface area contributed by atoms with E-state index >= 15 is 0 Å². The minimum atomic E-state index is 0.105. The van der Waals surface area contributed by atoms with Gasteiger partial charge in [-0.1, -0.05) is 12.1 Å². The molecule has 0 bridgehead atoms. The third-order valence-electron chi connectivity index (χ3n) is 2.94. The topological polar surface area (TPSA) is 30.5 Å². The van der Waals surface area contributed by atoms with Crippen molar-refractivity contribution in [3.05, 3.63) is 29.3 Å². The van der Waals surface area contributed by atoms with Crippen molar-refractivity contribution in [2.75, 3.05) is 20.8 Å². The summed E-state index contributed by atoms with van der Waals surface area (Å²) in [5, 5.41) is 3.23. The molecular formula is C14H23NO2. The van der Waals surface area contributed by atoms with Gasteiger partial charge >= 0.3 is 0 Å². The van der Waals surface area contributed by atoms with Crippen LogP contribution in [0.3, 0.4) is 0 Å². The van der Waals surface area contributed by atoms with Crippen molar-refractivity contribution in [3.63, 3.8) is 0 Å². The molecule has 96 valence electrons. The van der Waals surface area contributed by atoms with E-state index in [1.807, 2.05) is 14.0 Å². The first kappa shape index (κ1) is 14.0. The van der Waals surface area contributed by atoms with Gasteiger partial charge in [0.2, 0.25) is 0 Å². The molecule has 0 amide bonds. The Kier molecular flexibility index (Phi) is 5.45. The zero-order valence-electron chi connectivity index (χ0n) is 11.4. The number of methoxy groups -OCH3 is 1. The predicted octanol–water partition coefficient (Wildman–Crippen LogP) is 2.69. The van der Waals surface area contributed by atoms with E-state index in [4.69, 9.17) is 9.47 Å². The second kappa shape index (κ2) is 6.62. The Morgan fingerprint density at radius 2 is 2.00 bits per heavy atom. The Hall–Kier alpha value is -1.06. The number of benzene rings is 1. The molecule has 3 heteroatoms. The highest BCUT2D eigenvalue weighted by Crippen LogP contribution is 2.26. The van der Waals surface area contributed by atoms with Crippen molar-refractivity contribution in [1.29, 1.82) is 0 Å². The lowest BCUT2D eigenvalue weighted by atomic mass is 10.1. The van der Waals surface area contributed by atoms with Gasteiger partial charge in [0.1, 0.15) is 12.4 Å². The highest BCUT2D eigenvalue weighted by Gasteiger charge is 2.11. The average Bonchev–Trinajstić information content (AvgIpc) is 2.35. The molecule has 0 aliphatic carbocycles. The predicted molar refractivity (Wildman–Crippen MR) is 70.6 cm³/mol. The van der Waals surface area contributed by atoms with Crippen LogP contribution in [0.25, 0.3) is 0 Å². The first-order valence-corrected chi connectivity index (χ1v) is 6.02. The summed E-state index contributed by atoms with van der Waals surface area (Å²) in [6.45, 7) is 6.76. The molecule has 0 saturated heterocycles. The van der Waals surface area contributed by atoms with Gasteiger partial charge in [0, 0.05) is 18.7 Å². The van der Waals surface area contributed by atoms with E-state index in [1.165, 1.54) is 11.1 Å². The summed E-state index contributed by atoms with van der Waals surface area (Å²) >= 11 is 0. The third kappa shape index (κ3) is 4.02. The van der Waals surface area contributed by atoms with Gasteiger partial charge in [0.05, 0.1) is 6.10 Å². The van der Waals surface area contributed by atoms with Crippen LogP contribution in [0.4, 0.5) is 0 Å². The molecule has 0 spiro atoms. The number of nitrogens with one attached hydrogen (secondary N) is 1. The maximum atomic E-state index is 5.83. The molecule has 0 aliphatic heterocycles. The number of rotatable bonds is 6. The highest BCUT2D eigenvalue weighted by atomic mass is 16.5. The van der Waals surface area contributed by atoms with E-state index in [-0.39, 0.29) is 12.1 Å². The third-order valence-corrected chi connectivity index (χ3v) is 2.94. The van der Waals surface area contributed by atoms with Crippen molar-refractivity contribution in [2.45, 2.75) is 32.9 Å². The quantitative estimate of drug-likeness (QED) is 0.825. The standard InChI is InChI=1S/C14H23NO2/c1-10-6-7-13(12(3)15-4)14(8-10)17-9-11(2)16-5/h6-8,11-12,15H,9H2,1-5H3. The summed E-state index contributed by atoms with van der Waals surface area (Å²) in [7, 11) is 3.65. The van der Waals surface area contributed by atoms with E-state index in [0.29, 0.717) is 6.61 Å². The van der Waals surface area contributed by atoms with E-state index in [0.717, 1.165) is 5.75 Å². The van der Waals surface area contributed by atoms with Crippen LogP contribution in [0.15, 0.2) is 18.2 Å². The SMILES string of the molecule is CNC(C)c1ccc(C)cc1OCC(C)OC. The smallest absolute Gasteiger partial charge is 0.124 e. The van der Waals surface area contributed by atoms with Crippen molar-refractivity contribution in [2.24, 2.45) is 0 Å². The molecule has 0 saturated carbocycles. The monoisotopic (exact) mass is 237 g/mol. The molecule has 0 aliphatic rings. The minimum Gasteiger partial charge on any atom is -0.491 e. The van der Waals surface area contributed by atoms with Gasteiger partial charge in [0.25, 0.3) is 0 Å².